The van der Waals surface area contributed by atoms with E-state index in [1.54, 1.807) is 9.36 Å². The van der Waals surface area contributed by atoms with Gasteiger partial charge in [-0.1, -0.05) is 34.7 Å². The molecule has 0 saturated carbocycles. The number of fused-ring (bicyclic) bond motifs is 4. The van der Waals surface area contributed by atoms with Gasteiger partial charge in [-0.25, -0.2) is 9.36 Å². The van der Waals surface area contributed by atoms with Gasteiger partial charge in [-0.3, -0.25) is 0 Å². The van der Waals surface area contributed by atoms with Crippen molar-refractivity contribution in [3.8, 4) is 0 Å². The van der Waals surface area contributed by atoms with Gasteiger partial charge in [0, 0.05) is 0 Å². The molecule has 0 aromatic carbocycles. The second-order valence-corrected chi connectivity index (χ2v) is 5.62. The van der Waals surface area contributed by atoms with Crippen LogP contribution in [0.1, 0.15) is 37.4 Å². The highest BCUT2D eigenvalue weighted by Gasteiger charge is 2.11. The molecule has 0 radical (unpaired) electrons. The predicted molar refractivity (Wildman–Crippen MR) is 87.1 cm³/mol. The molecule has 2 aromatic heterocycles. The predicted octanol–water partition coefficient (Wildman–Crippen LogP) is 1.85. The Kier molecular flexibility index (Phi) is 5.50. The summed E-state index contributed by atoms with van der Waals surface area (Å²) in [6.07, 6.45) is 11.5. The molecule has 128 valence electrons. The summed E-state index contributed by atoms with van der Waals surface area (Å²) in [7, 11) is 0. The maximum atomic E-state index is 5.75. The zero-order valence-electron chi connectivity index (χ0n) is 13.9. The Morgan fingerprint density at radius 1 is 0.792 bits per heavy atom. The summed E-state index contributed by atoms with van der Waals surface area (Å²) in [5.74, 6) is 0. The molecule has 3 heterocycles. The van der Waals surface area contributed by atoms with E-state index in [9.17, 15) is 0 Å². The zero-order valence-corrected chi connectivity index (χ0v) is 13.9. The highest BCUT2D eigenvalue weighted by atomic mass is 16.5. The summed E-state index contributed by atoms with van der Waals surface area (Å²) >= 11 is 0. The molecule has 1 aliphatic rings. The van der Waals surface area contributed by atoms with Crippen LogP contribution in [0.2, 0.25) is 0 Å². The zero-order chi connectivity index (χ0) is 16.8. The van der Waals surface area contributed by atoms with E-state index >= 15 is 0 Å². The van der Waals surface area contributed by atoms with Crippen LogP contribution in [0.25, 0.3) is 0 Å². The van der Waals surface area contributed by atoms with Crippen molar-refractivity contribution in [2.45, 2.75) is 39.1 Å². The maximum Gasteiger partial charge on any atom is 0.111 e. The summed E-state index contributed by atoms with van der Waals surface area (Å²) in [4.78, 5) is 0. The summed E-state index contributed by atoms with van der Waals surface area (Å²) in [6.45, 7) is 6.25. The number of ether oxygens (including phenoxy) is 2. The largest absolute Gasteiger partial charge is 0.368 e. The second kappa shape index (κ2) is 7.98. The minimum Gasteiger partial charge on any atom is -0.368 e. The van der Waals surface area contributed by atoms with E-state index in [1.165, 1.54) is 0 Å². The SMILES string of the molecule is CC1OC/C=C/Cn2cc(nn2)C(C)OC/C=C/Cn2cc1nn2. The molecule has 8 heteroatoms. The first-order valence-electron chi connectivity index (χ1n) is 8.05. The topological polar surface area (TPSA) is 79.9 Å². The molecule has 0 fully saturated rings. The first kappa shape index (κ1) is 16.5. The van der Waals surface area contributed by atoms with Crippen LogP contribution in [0.4, 0.5) is 0 Å². The molecule has 1 aliphatic heterocycles. The summed E-state index contributed by atoms with van der Waals surface area (Å²) in [5, 5.41) is 16.5. The summed E-state index contributed by atoms with van der Waals surface area (Å²) < 4.78 is 15.1. The molecular weight excluding hydrogens is 308 g/mol. The fraction of sp³-hybridized carbons (Fsp3) is 0.500. The lowest BCUT2D eigenvalue weighted by Gasteiger charge is -2.08. The third-order valence-corrected chi connectivity index (χ3v) is 3.75. The fourth-order valence-electron chi connectivity index (χ4n) is 2.25. The van der Waals surface area contributed by atoms with Crippen molar-refractivity contribution in [3.05, 3.63) is 48.1 Å². The Morgan fingerprint density at radius 2 is 1.25 bits per heavy atom. The van der Waals surface area contributed by atoms with Gasteiger partial charge in [0.1, 0.15) is 23.6 Å². The quantitative estimate of drug-likeness (QED) is 0.686. The lowest BCUT2D eigenvalue weighted by molar-refractivity contribution is 0.0849. The van der Waals surface area contributed by atoms with Crippen molar-refractivity contribution in [2.75, 3.05) is 13.2 Å². The van der Waals surface area contributed by atoms with Crippen LogP contribution in [0.5, 0.6) is 0 Å². The molecule has 2 atom stereocenters. The second-order valence-electron chi connectivity index (χ2n) is 5.62. The monoisotopic (exact) mass is 330 g/mol. The van der Waals surface area contributed by atoms with E-state index in [0.717, 1.165) is 11.4 Å². The van der Waals surface area contributed by atoms with Crippen molar-refractivity contribution in [1.29, 1.82) is 0 Å². The lowest BCUT2D eigenvalue weighted by atomic mass is 10.3. The third-order valence-electron chi connectivity index (χ3n) is 3.75. The minimum absolute atomic E-state index is 0.103. The smallest absolute Gasteiger partial charge is 0.111 e. The van der Waals surface area contributed by atoms with Gasteiger partial charge >= 0.3 is 0 Å². The Bertz CT molecular complexity index is 645. The highest BCUT2D eigenvalue weighted by molar-refractivity contribution is 5.00. The van der Waals surface area contributed by atoms with Gasteiger partial charge in [0.25, 0.3) is 0 Å². The number of hydrogen-bond donors (Lipinski definition) is 0. The number of hydrogen-bond acceptors (Lipinski definition) is 6. The molecule has 8 nitrogen and oxygen atoms in total. The van der Waals surface area contributed by atoms with E-state index < -0.39 is 0 Å². The van der Waals surface area contributed by atoms with Gasteiger partial charge in [-0.05, 0) is 13.8 Å². The Hall–Kier alpha value is -2.32. The average molecular weight is 330 g/mol. The van der Waals surface area contributed by atoms with Gasteiger partial charge in [0.15, 0.2) is 0 Å². The van der Waals surface area contributed by atoms with E-state index in [0.29, 0.717) is 26.3 Å². The van der Waals surface area contributed by atoms with Crippen LogP contribution in [0.15, 0.2) is 36.7 Å². The van der Waals surface area contributed by atoms with Crippen LogP contribution in [-0.4, -0.2) is 43.2 Å². The van der Waals surface area contributed by atoms with E-state index in [-0.39, 0.29) is 12.2 Å². The van der Waals surface area contributed by atoms with Crippen molar-refractivity contribution in [1.82, 2.24) is 30.0 Å². The van der Waals surface area contributed by atoms with Crippen LogP contribution >= 0.6 is 0 Å². The van der Waals surface area contributed by atoms with Gasteiger partial charge in [0.05, 0.1) is 38.7 Å². The fourth-order valence-corrected chi connectivity index (χ4v) is 2.25. The van der Waals surface area contributed by atoms with Crippen LogP contribution in [0.3, 0.4) is 0 Å². The normalized spacial score (nSPS) is 25.6. The molecule has 24 heavy (non-hydrogen) atoms. The Balaban J connectivity index is 1.70. The van der Waals surface area contributed by atoms with Crippen molar-refractivity contribution in [2.24, 2.45) is 0 Å². The van der Waals surface area contributed by atoms with Crippen LogP contribution < -0.4 is 0 Å². The molecule has 4 bridgehead atoms. The molecular formula is C16H22N6O2. The van der Waals surface area contributed by atoms with Crippen molar-refractivity contribution < 1.29 is 9.47 Å². The number of rotatable bonds is 0. The lowest BCUT2D eigenvalue weighted by Crippen LogP contribution is -2.02. The van der Waals surface area contributed by atoms with Crippen molar-refractivity contribution >= 4 is 0 Å². The Morgan fingerprint density at radius 3 is 1.71 bits per heavy atom. The molecule has 2 unspecified atom stereocenters. The number of aromatic nitrogens is 6. The summed E-state index contributed by atoms with van der Waals surface area (Å²) in [6, 6.07) is 0. The van der Waals surface area contributed by atoms with E-state index in [1.807, 2.05) is 50.5 Å². The van der Waals surface area contributed by atoms with Crippen LogP contribution in [-0.2, 0) is 22.6 Å². The van der Waals surface area contributed by atoms with Crippen molar-refractivity contribution in [3.63, 3.8) is 0 Å². The molecule has 2 aromatic rings. The Labute approximate surface area is 140 Å². The van der Waals surface area contributed by atoms with Gasteiger partial charge in [-0.2, -0.15) is 0 Å². The molecule has 3 rings (SSSR count). The molecule has 0 N–H and O–H groups in total. The number of nitrogens with zero attached hydrogens (tertiary/aromatic N) is 6. The number of allylic oxidation sites excluding steroid dienone is 2. The third kappa shape index (κ3) is 4.36. The van der Waals surface area contributed by atoms with Gasteiger partial charge < -0.3 is 9.47 Å². The van der Waals surface area contributed by atoms with Gasteiger partial charge in [-0.15, -0.1) is 10.2 Å². The van der Waals surface area contributed by atoms with Crippen LogP contribution in [0, 0.1) is 0 Å². The minimum atomic E-state index is -0.103. The molecule has 0 saturated heterocycles. The van der Waals surface area contributed by atoms with E-state index in [4.69, 9.17) is 9.47 Å². The molecule has 0 amide bonds. The first-order valence-corrected chi connectivity index (χ1v) is 8.05. The first-order chi connectivity index (χ1) is 11.7. The molecule has 0 aliphatic carbocycles. The highest BCUT2D eigenvalue weighted by Crippen LogP contribution is 2.14. The average Bonchev–Trinajstić information content (AvgIpc) is 3.22. The molecule has 0 spiro atoms. The summed E-state index contributed by atoms with van der Waals surface area (Å²) in [5.41, 5.74) is 1.65. The standard InChI is InChI=1S/C16H22N6O2/c1-13-15-11-21(19-17-15)7-4-6-10-24-14(2)16-12-22(20-18-16)8-3-5-9-23-13/h3-6,11-14H,7-10H2,1-2H3/b5-3+,6-4+. The maximum absolute atomic E-state index is 5.75. The van der Waals surface area contributed by atoms with E-state index in [2.05, 4.69) is 20.6 Å². The van der Waals surface area contributed by atoms with Gasteiger partial charge in [0.2, 0.25) is 0 Å².